The molecule has 0 bridgehead atoms. The number of nitrogens with one attached hydrogen (secondary N) is 2. The van der Waals surface area contributed by atoms with Gasteiger partial charge >= 0.3 is 0 Å². The fourth-order valence-corrected chi connectivity index (χ4v) is 3.96. The van der Waals surface area contributed by atoms with Gasteiger partial charge in [0.15, 0.2) is 0 Å². The maximum atomic E-state index is 13.2. The molecule has 2 aromatic rings. The van der Waals surface area contributed by atoms with E-state index < -0.39 is 28.5 Å². The van der Waals surface area contributed by atoms with Crippen LogP contribution in [-0.4, -0.2) is 16.2 Å². The number of rotatable bonds is 5. The average Bonchev–Trinajstić information content (AvgIpc) is 3.07. The summed E-state index contributed by atoms with van der Waals surface area (Å²) in [6.07, 6.45) is 4.25. The lowest BCUT2D eigenvalue weighted by Gasteiger charge is -2.12. The van der Waals surface area contributed by atoms with Gasteiger partial charge in [-0.25, -0.2) is 17.7 Å². The van der Waals surface area contributed by atoms with Gasteiger partial charge in [-0.2, -0.15) is 0 Å². The minimum atomic E-state index is -1.40. The van der Waals surface area contributed by atoms with Crippen LogP contribution in [0.5, 0.6) is 0 Å². The Kier molecular flexibility index (Phi) is 5.55. The SMILES string of the molecule is O=C(Nc1cc(F)cc(F)c1)c1cccc(S(=O)NC2CCCC2)c1. The Morgan fingerprint density at radius 2 is 1.72 bits per heavy atom. The van der Waals surface area contributed by atoms with Crippen molar-refractivity contribution in [1.82, 2.24) is 4.72 Å². The molecule has 2 N–H and O–H groups in total. The number of halogens is 2. The number of hydrogen-bond donors (Lipinski definition) is 2. The Morgan fingerprint density at radius 1 is 1.04 bits per heavy atom. The Hall–Kier alpha value is -2.12. The van der Waals surface area contributed by atoms with E-state index in [1.54, 1.807) is 18.2 Å². The van der Waals surface area contributed by atoms with E-state index in [2.05, 4.69) is 10.0 Å². The van der Waals surface area contributed by atoms with Crippen molar-refractivity contribution in [3.63, 3.8) is 0 Å². The predicted octanol–water partition coefficient (Wildman–Crippen LogP) is 3.77. The molecule has 132 valence electrons. The number of benzene rings is 2. The topological polar surface area (TPSA) is 58.2 Å². The smallest absolute Gasteiger partial charge is 0.255 e. The van der Waals surface area contributed by atoms with Gasteiger partial charge in [0, 0.05) is 23.4 Å². The second-order valence-corrected chi connectivity index (χ2v) is 7.25. The highest BCUT2D eigenvalue weighted by Crippen LogP contribution is 2.20. The van der Waals surface area contributed by atoms with Crippen LogP contribution >= 0.6 is 0 Å². The molecular formula is C18H18F2N2O2S. The molecule has 2 aromatic carbocycles. The third-order valence-electron chi connectivity index (χ3n) is 4.06. The van der Waals surface area contributed by atoms with E-state index in [-0.39, 0.29) is 17.3 Å². The summed E-state index contributed by atoms with van der Waals surface area (Å²) in [6.45, 7) is 0. The van der Waals surface area contributed by atoms with Crippen molar-refractivity contribution in [3.8, 4) is 0 Å². The van der Waals surface area contributed by atoms with Gasteiger partial charge < -0.3 is 5.32 Å². The normalized spacial score (nSPS) is 15.9. The molecule has 1 aliphatic carbocycles. The van der Waals surface area contributed by atoms with Gasteiger partial charge in [0.25, 0.3) is 5.91 Å². The van der Waals surface area contributed by atoms with Crippen LogP contribution in [0.4, 0.5) is 14.5 Å². The van der Waals surface area contributed by atoms with E-state index in [1.807, 2.05) is 0 Å². The summed E-state index contributed by atoms with van der Waals surface area (Å²) in [7, 11) is -1.40. The molecule has 4 nitrogen and oxygen atoms in total. The first-order valence-corrected chi connectivity index (χ1v) is 9.22. The molecule has 1 saturated carbocycles. The van der Waals surface area contributed by atoms with E-state index in [4.69, 9.17) is 0 Å². The summed E-state index contributed by atoms with van der Waals surface area (Å²) < 4.78 is 41.9. The zero-order valence-electron chi connectivity index (χ0n) is 13.4. The molecule has 3 rings (SSSR count). The number of anilines is 1. The maximum absolute atomic E-state index is 13.2. The summed E-state index contributed by atoms with van der Waals surface area (Å²) >= 11 is 0. The summed E-state index contributed by atoms with van der Waals surface area (Å²) in [6, 6.07) is 9.41. The third kappa shape index (κ3) is 4.70. The predicted molar refractivity (Wildman–Crippen MR) is 92.6 cm³/mol. The molecular weight excluding hydrogens is 346 g/mol. The van der Waals surface area contributed by atoms with Crippen molar-refractivity contribution < 1.29 is 17.8 Å². The molecule has 0 radical (unpaired) electrons. The van der Waals surface area contributed by atoms with Crippen LogP contribution in [0.2, 0.25) is 0 Å². The van der Waals surface area contributed by atoms with Crippen LogP contribution in [0.25, 0.3) is 0 Å². The first-order chi connectivity index (χ1) is 12.0. The minimum absolute atomic E-state index is 0.0260. The lowest BCUT2D eigenvalue weighted by molar-refractivity contribution is 0.102. The molecule has 0 heterocycles. The standard InChI is InChI=1S/C18H18F2N2O2S/c19-13-9-14(20)11-16(10-13)21-18(23)12-4-3-7-17(8-12)25(24)22-15-5-1-2-6-15/h3-4,7-11,15,22H,1-2,5-6H2,(H,21,23). The Bertz CT molecular complexity index is 787. The monoisotopic (exact) mass is 364 g/mol. The number of amides is 1. The molecule has 25 heavy (non-hydrogen) atoms. The van der Waals surface area contributed by atoms with Gasteiger partial charge in [0.2, 0.25) is 0 Å². The molecule has 1 amide bonds. The highest BCUT2D eigenvalue weighted by Gasteiger charge is 2.18. The van der Waals surface area contributed by atoms with E-state index in [9.17, 15) is 17.8 Å². The van der Waals surface area contributed by atoms with E-state index in [0.29, 0.717) is 4.90 Å². The van der Waals surface area contributed by atoms with Gasteiger partial charge in [-0.15, -0.1) is 0 Å². The quantitative estimate of drug-likeness (QED) is 0.848. The highest BCUT2D eigenvalue weighted by molar-refractivity contribution is 7.83. The van der Waals surface area contributed by atoms with Gasteiger partial charge in [0.1, 0.15) is 22.6 Å². The summed E-state index contributed by atoms with van der Waals surface area (Å²) in [5.74, 6) is -2.07. The van der Waals surface area contributed by atoms with Crippen molar-refractivity contribution in [2.75, 3.05) is 5.32 Å². The van der Waals surface area contributed by atoms with Gasteiger partial charge in [-0.3, -0.25) is 4.79 Å². The molecule has 1 fully saturated rings. The van der Waals surface area contributed by atoms with Crippen molar-refractivity contribution in [3.05, 3.63) is 59.7 Å². The Labute approximate surface area is 147 Å². The molecule has 0 aromatic heterocycles. The molecule has 1 aliphatic rings. The van der Waals surface area contributed by atoms with Crippen LogP contribution in [-0.2, 0) is 11.0 Å². The largest absolute Gasteiger partial charge is 0.322 e. The van der Waals surface area contributed by atoms with Crippen molar-refractivity contribution >= 4 is 22.6 Å². The Balaban J connectivity index is 1.71. The fraction of sp³-hybridized carbons (Fsp3) is 0.278. The average molecular weight is 364 g/mol. The van der Waals surface area contributed by atoms with Crippen LogP contribution in [0, 0.1) is 11.6 Å². The molecule has 0 spiro atoms. The fourth-order valence-electron chi connectivity index (χ4n) is 2.85. The molecule has 7 heteroatoms. The first kappa shape index (κ1) is 17.7. The van der Waals surface area contributed by atoms with Crippen LogP contribution in [0.15, 0.2) is 47.4 Å². The third-order valence-corrected chi connectivity index (χ3v) is 5.29. The summed E-state index contributed by atoms with van der Waals surface area (Å²) in [5, 5.41) is 2.44. The van der Waals surface area contributed by atoms with Crippen molar-refractivity contribution in [2.24, 2.45) is 0 Å². The first-order valence-electron chi connectivity index (χ1n) is 8.07. The minimum Gasteiger partial charge on any atom is -0.322 e. The second kappa shape index (κ2) is 7.84. The lowest BCUT2D eigenvalue weighted by atomic mass is 10.2. The highest BCUT2D eigenvalue weighted by atomic mass is 32.2. The van der Waals surface area contributed by atoms with Gasteiger partial charge in [0.05, 0.1) is 4.90 Å². The molecule has 0 saturated heterocycles. The van der Waals surface area contributed by atoms with Crippen LogP contribution < -0.4 is 10.0 Å². The van der Waals surface area contributed by atoms with E-state index in [0.717, 1.165) is 43.9 Å². The Morgan fingerprint density at radius 3 is 2.40 bits per heavy atom. The lowest BCUT2D eigenvalue weighted by Crippen LogP contribution is -2.28. The molecule has 1 unspecified atom stereocenters. The van der Waals surface area contributed by atoms with E-state index >= 15 is 0 Å². The molecule has 0 aliphatic heterocycles. The van der Waals surface area contributed by atoms with Gasteiger partial charge in [-0.1, -0.05) is 18.9 Å². The number of hydrogen-bond acceptors (Lipinski definition) is 2. The number of carbonyl (C=O) groups excluding carboxylic acids is 1. The zero-order valence-corrected chi connectivity index (χ0v) is 14.2. The van der Waals surface area contributed by atoms with Crippen molar-refractivity contribution in [1.29, 1.82) is 0 Å². The molecule has 1 atom stereocenters. The summed E-state index contributed by atoms with van der Waals surface area (Å²) in [5.41, 5.74) is 0.293. The second-order valence-electron chi connectivity index (χ2n) is 6.01. The van der Waals surface area contributed by atoms with Crippen molar-refractivity contribution in [2.45, 2.75) is 36.6 Å². The van der Waals surface area contributed by atoms with E-state index in [1.165, 1.54) is 6.07 Å². The zero-order chi connectivity index (χ0) is 17.8. The van der Waals surface area contributed by atoms with Crippen LogP contribution in [0.1, 0.15) is 36.0 Å². The van der Waals surface area contributed by atoms with Gasteiger partial charge in [-0.05, 0) is 43.2 Å². The number of carbonyl (C=O) groups is 1. The summed E-state index contributed by atoms with van der Waals surface area (Å²) in [4.78, 5) is 12.8. The maximum Gasteiger partial charge on any atom is 0.255 e. The van der Waals surface area contributed by atoms with Crippen LogP contribution in [0.3, 0.4) is 0 Å².